The molecule has 2 aromatic rings. The van der Waals surface area contributed by atoms with Crippen molar-refractivity contribution in [3.8, 4) is 0 Å². The van der Waals surface area contributed by atoms with E-state index in [1.807, 2.05) is 32.9 Å². The van der Waals surface area contributed by atoms with E-state index in [4.69, 9.17) is 4.42 Å². The van der Waals surface area contributed by atoms with Gasteiger partial charge in [-0.25, -0.2) is 9.38 Å². The van der Waals surface area contributed by atoms with Crippen molar-refractivity contribution in [2.75, 3.05) is 19.6 Å². The molecule has 0 bridgehead atoms. The zero-order valence-corrected chi connectivity index (χ0v) is 15.9. The minimum absolute atomic E-state index is 0.182. The molecule has 0 aliphatic carbocycles. The average molecular weight is 361 g/mol. The van der Waals surface area contributed by atoms with Crippen molar-refractivity contribution in [2.45, 2.75) is 39.7 Å². The first-order valence-corrected chi connectivity index (χ1v) is 8.89. The van der Waals surface area contributed by atoms with E-state index in [0.717, 1.165) is 11.3 Å². The Bertz CT molecular complexity index is 753. The van der Waals surface area contributed by atoms with Crippen LogP contribution in [0.2, 0.25) is 0 Å². The molecule has 1 heterocycles. The van der Waals surface area contributed by atoms with Gasteiger partial charge in [-0.3, -0.25) is 0 Å². The zero-order valence-electron chi connectivity index (χ0n) is 15.9. The molecular weight excluding hydrogens is 333 g/mol. The maximum absolute atomic E-state index is 13.7. The second kappa shape index (κ2) is 8.85. The summed E-state index contributed by atoms with van der Waals surface area (Å²) < 4.78 is 19.2. The summed E-state index contributed by atoms with van der Waals surface area (Å²) in [6.45, 7) is 8.78. The van der Waals surface area contributed by atoms with Crippen molar-refractivity contribution in [3.63, 3.8) is 0 Å². The van der Waals surface area contributed by atoms with Crippen LogP contribution in [0.3, 0.4) is 0 Å². The van der Waals surface area contributed by atoms with E-state index in [1.165, 1.54) is 6.07 Å². The number of aliphatic hydroxyl groups is 1. The smallest absolute Gasteiger partial charge is 0.191 e. The summed E-state index contributed by atoms with van der Waals surface area (Å²) in [5, 5.41) is 17.1. The van der Waals surface area contributed by atoms with Gasteiger partial charge in [-0.15, -0.1) is 0 Å². The molecule has 6 heteroatoms. The predicted molar refractivity (Wildman–Crippen MR) is 102 cm³/mol. The number of aryl methyl sites for hydroxylation is 2. The average Bonchev–Trinajstić information content (AvgIpc) is 2.94. The van der Waals surface area contributed by atoms with Gasteiger partial charge in [-0.1, -0.05) is 18.2 Å². The largest absolute Gasteiger partial charge is 0.466 e. The first-order chi connectivity index (χ1) is 12.3. The van der Waals surface area contributed by atoms with Gasteiger partial charge in [0, 0.05) is 18.7 Å². The van der Waals surface area contributed by atoms with E-state index in [1.54, 1.807) is 19.1 Å². The minimum atomic E-state index is -1.13. The van der Waals surface area contributed by atoms with Gasteiger partial charge in [-0.2, -0.15) is 0 Å². The molecule has 26 heavy (non-hydrogen) atoms. The number of guanidine groups is 1. The van der Waals surface area contributed by atoms with Crippen molar-refractivity contribution in [1.82, 2.24) is 10.6 Å². The molecule has 1 aromatic carbocycles. The number of nitrogens with one attached hydrogen (secondary N) is 2. The van der Waals surface area contributed by atoms with Crippen LogP contribution in [-0.4, -0.2) is 30.7 Å². The highest BCUT2D eigenvalue weighted by Crippen LogP contribution is 2.27. The van der Waals surface area contributed by atoms with Crippen LogP contribution >= 0.6 is 0 Å². The molecule has 0 saturated heterocycles. The van der Waals surface area contributed by atoms with E-state index in [-0.39, 0.29) is 12.4 Å². The van der Waals surface area contributed by atoms with Gasteiger partial charge in [0.25, 0.3) is 0 Å². The lowest BCUT2D eigenvalue weighted by molar-refractivity contribution is 0.0657. The summed E-state index contributed by atoms with van der Waals surface area (Å²) in [5.74, 6) is 1.84. The lowest BCUT2D eigenvalue weighted by Crippen LogP contribution is -2.39. The molecule has 3 N–H and O–H groups in total. The quantitative estimate of drug-likeness (QED) is 0.524. The lowest BCUT2D eigenvalue weighted by atomic mass is 9.96. The molecule has 0 fully saturated rings. The van der Waals surface area contributed by atoms with E-state index >= 15 is 0 Å². The number of benzene rings is 1. The van der Waals surface area contributed by atoms with Crippen molar-refractivity contribution in [3.05, 3.63) is 58.8 Å². The molecule has 0 spiro atoms. The normalized spacial score (nSPS) is 14.2. The van der Waals surface area contributed by atoms with Crippen LogP contribution in [0.1, 0.15) is 36.5 Å². The molecule has 0 radical (unpaired) electrons. The molecule has 1 atom stereocenters. The molecule has 142 valence electrons. The summed E-state index contributed by atoms with van der Waals surface area (Å²) in [6, 6.07) is 8.57. The molecule has 0 aliphatic heterocycles. The Morgan fingerprint density at radius 1 is 1.27 bits per heavy atom. The van der Waals surface area contributed by atoms with Crippen molar-refractivity contribution >= 4 is 5.96 Å². The van der Waals surface area contributed by atoms with E-state index < -0.39 is 5.60 Å². The molecule has 1 aromatic heterocycles. The second-order valence-corrected chi connectivity index (χ2v) is 6.56. The monoisotopic (exact) mass is 361 g/mol. The number of rotatable bonds is 7. The molecule has 2 rings (SSSR count). The Morgan fingerprint density at radius 3 is 2.62 bits per heavy atom. The van der Waals surface area contributed by atoms with Crippen LogP contribution in [0, 0.1) is 19.7 Å². The molecule has 0 amide bonds. The van der Waals surface area contributed by atoms with E-state index in [0.29, 0.717) is 36.8 Å². The Balaban J connectivity index is 1.99. The van der Waals surface area contributed by atoms with E-state index in [2.05, 4.69) is 15.6 Å². The maximum atomic E-state index is 13.7. The minimum Gasteiger partial charge on any atom is -0.466 e. The van der Waals surface area contributed by atoms with Crippen molar-refractivity contribution in [2.24, 2.45) is 4.99 Å². The Morgan fingerprint density at radius 2 is 2.00 bits per heavy atom. The standard InChI is InChI=1S/C20H28FN3O2/c1-5-22-19(23-11-10-16-8-6-7-9-18(16)21)24-13-20(4,25)17-12-14(2)26-15(17)3/h6-9,12,25H,5,10-11,13H2,1-4H3,(H2,22,23,24). The van der Waals surface area contributed by atoms with Gasteiger partial charge >= 0.3 is 0 Å². The van der Waals surface area contributed by atoms with Crippen LogP contribution in [0.5, 0.6) is 0 Å². The predicted octanol–water partition coefficient (Wildman–Crippen LogP) is 3.04. The van der Waals surface area contributed by atoms with Crippen LogP contribution in [-0.2, 0) is 12.0 Å². The zero-order chi connectivity index (χ0) is 19.2. The number of aliphatic imine (C=N–C) groups is 1. The first kappa shape index (κ1) is 20.0. The van der Waals surface area contributed by atoms with Gasteiger partial charge < -0.3 is 20.2 Å². The number of furan rings is 1. The molecule has 0 aliphatic rings. The summed E-state index contributed by atoms with van der Waals surface area (Å²) in [4.78, 5) is 4.47. The third-order valence-electron chi connectivity index (χ3n) is 4.16. The highest BCUT2D eigenvalue weighted by Gasteiger charge is 2.27. The fourth-order valence-corrected chi connectivity index (χ4v) is 2.84. The topological polar surface area (TPSA) is 69.8 Å². The Kier molecular flexibility index (Phi) is 6.80. The SMILES string of the molecule is CCNC(=NCC(C)(O)c1cc(C)oc1C)NCCc1ccccc1F. The third kappa shape index (κ3) is 5.33. The fourth-order valence-electron chi connectivity index (χ4n) is 2.84. The molecular formula is C20H28FN3O2. The highest BCUT2D eigenvalue weighted by molar-refractivity contribution is 5.79. The van der Waals surface area contributed by atoms with Gasteiger partial charge in [-0.05, 0) is 51.8 Å². The Labute approximate surface area is 154 Å². The second-order valence-electron chi connectivity index (χ2n) is 6.56. The number of hydrogen-bond acceptors (Lipinski definition) is 3. The fraction of sp³-hybridized carbons (Fsp3) is 0.450. The number of nitrogens with zero attached hydrogens (tertiary/aromatic N) is 1. The van der Waals surface area contributed by atoms with Crippen molar-refractivity contribution < 1.29 is 13.9 Å². The Hall–Kier alpha value is -2.34. The molecule has 1 unspecified atom stereocenters. The summed E-state index contributed by atoms with van der Waals surface area (Å²) >= 11 is 0. The van der Waals surface area contributed by atoms with Crippen molar-refractivity contribution in [1.29, 1.82) is 0 Å². The maximum Gasteiger partial charge on any atom is 0.191 e. The van der Waals surface area contributed by atoms with Crippen LogP contribution < -0.4 is 10.6 Å². The highest BCUT2D eigenvalue weighted by atomic mass is 19.1. The van der Waals surface area contributed by atoms with Gasteiger partial charge in [0.1, 0.15) is 22.9 Å². The summed E-state index contributed by atoms with van der Waals surface area (Å²) in [7, 11) is 0. The van der Waals surface area contributed by atoms with E-state index in [9.17, 15) is 9.50 Å². The third-order valence-corrected chi connectivity index (χ3v) is 4.16. The van der Waals surface area contributed by atoms with Crippen LogP contribution in [0.15, 0.2) is 39.7 Å². The van der Waals surface area contributed by atoms with Gasteiger partial charge in [0.2, 0.25) is 0 Å². The lowest BCUT2D eigenvalue weighted by Gasteiger charge is -2.21. The van der Waals surface area contributed by atoms with Gasteiger partial charge in [0.05, 0.1) is 6.54 Å². The summed E-state index contributed by atoms with van der Waals surface area (Å²) in [6.07, 6.45) is 0.549. The first-order valence-electron chi connectivity index (χ1n) is 8.89. The summed E-state index contributed by atoms with van der Waals surface area (Å²) in [5.41, 5.74) is 0.267. The van der Waals surface area contributed by atoms with Crippen LogP contribution in [0.25, 0.3) is 0 Å². The molecule has 0 saturated carbocycles. The number of hydrogen-bond donors (Lipinski definition) is 3. The number of halogens is 1. The van der Waals surface area contributed by atoms with Crippen LogP contribution in [0.4, 0.5) is 4.39 Å². The van der Waals surface area contributed by atoms with Gasteiger partial charge in [0.15, 0.2) is 5.96 Å². The molecule has 5 nitrogen and oxygen atoms in total.